The van der Waals surface area contributed by atoms with Gasteiger partial charge in [0.1, 0.15) is 0 Å². The molecule has 1 rings (SSSR count). The average molecular weight is 255 g/mol. The zero-order valence-electron chi connectivity index (χ0n) is 10.6. The van der Waals surface area contributed by atoms with Gasteiger partial charge in [-0.1, -0.05) is 13.3 Å². The first-order chi connectivity index (χ1) is 8.67. The number of carbonyl (C=O) groups is 1. The van der Waals surface area contributed by atoms with Crippen LogP contribution < -0.4 is 5.32 Å². The number of hydrogen-bond acceptors (Lipinski definition) is 4. The van der Waals surface area contributed by atoms with Crippen molar-refractivity contribution in [2.75, 3.05) is 13.2 Å². The third kappa shape index (κ3) is 4.85. The predicted molar refractivity (Wildman–Crippen MR) is 66.9 cm³/mol. The van der Waals surface area contributed by atoms with Crippen LogP contribution in [-0.2, 0) is 4.79 Å². The van der Waals surface area contributed by atoms with Gasteiger partial charge in [-0.2, -0.15) is 0 Å². The Labute approximate surface area is 107 Å². The second kappa shape index (κ2) is 7.84. The Bertz CT molecular complexity index is 340. The molecular weight excluding hydrogens is 234 g/mol. The van der Waals surface area contributed by atoms with Gasteiger partial charge in [0.2, 0.25) is 5.91 Å². The van der Waals surface area contributed by atoms with Crippen LogP contribution in [0.25, 0.3) is 0 Å². The van der Waals surface area contributed by atoms with E-state index >= 15 is 0 Å². The van der Waals surface area contributed by atoms with Crippen molar-refractivity contribution in [1.82, 2.24) is 14.9 Å². The lowest BCUT2D eigenvalue weighted by molar-refractivity contribution is -0.122. The number of aliphatic hydroxyl groups excluding tert-OH is 2. The molecule has 0 spiro atoms. The molecule has 0 bridgehead atoms. The van der Waals surface area contributed by atoms with E-state index in [1.807, 2.05) is 10.8 Å². The van der Waals surface area contributed by atoms with Crippen LogP contribution in [0.15, 0.2) is 18.7 Å². The molecule has 2 atom stereocenters. The molecule has 3 N–H and O–H groups in total. The molecule has 1 heterocycles. The van der Waals surface area contributed by atoms with Crippen LogP contribution in [0.2, 0.25) is 0 Å². The molecule has 1 amide bonds. The maximum absolute atomic E-state index is 11.7. The summed E-state index contributed by atoms with van der Waals surface area (Å²) in [7, 11) is 0. The topological polar surface area (TPSA) is 87.4 Å². The number of aromatic nitrogens is 2. The normalized spacial score (nSPS) is 14.2. The van der Waals surface area contributed by atoms with Gasteiger partial charge in [0.15, 0.2) is 0 Å². The maximum Gasteiger partial charge on any atom is 0.222 e. The second-order valence-electron chi connectivity index (χ2n) is 4.30. The molecule has 0 aliphatic rings. The standard InChI is InChI=1S/C12H21N3O3/c1-2-3-10(15-5-4-13-9-15)6-12(18)14-7-11(17)8-16/h4-5,9-11,16-17H,2-3,6-8H2,1H3,(H,14,18). The summed E-state index contributed by atoms with van der Waals surface area (Å²) in [6.45, 7) is 1.80. The molecule has 1 aromatic rings. The minimum atomic E-state index is -0.896. The highest BCUT2D eigenvalue weighted by atomic mass is 16.3. The van der Waals surface area contributed by atoms with E-state index in [9.17, 15) is 4.79 Å². The Balaban J connectivity index is 2.43. The van der Waals surface area contributed by atoms with Crippen molar-refractivity contribution in [2.24, 2.45) is 0 Å². The molecule has 0 saturated carbocycles. The molecule has 0 aliphatic heterocycles. The minimum absolute atomic E-state index is 0.0815. The summed E-state index contributed by atoms with van der Waals surface area (Å²) >= 11 is 0. The van der Waals surface area contributed by atoms with E-state index in [0.29, 0.717) is 6.42 Å². The number of aliphatic hydroxyl groups is 2. The molecule has 0 aromatic carbocycles. The van der Waals surface area contributed by atoms with Crippen LogP contribution in [-0.4, -0.2) is 44.9 Å². The Morgan fingerprint density at radius 1 is 1.56 bits per heavy atom. The lowest BCUT2D eigenvalue weighted by atomic mass is 10.1. The molecule has 18 heavy (non-hydrogen) atoms. The quantitative estimate of drug-likeness (QED) is 0.614. The fourth-order valence-corrected chi connectivity index (χ4v) is 1.76. The lowest BCUT2D eigenvalue weighted by Crippen LogP contribution is -2.35. The average Bonchev–Trinajstić information content (AvgIpc) is 2.89. The molecule has 0 saturated heterocycles. The van der Waals surface area contributed by atoms with E-state index in [4.69, 9.17) is 10.2 Å². The fraction of sp³-hybridized carbons (Fsp3) is 0.667. The smallest absolute Gasteiger partial charge is 0.222 e. The third-order valence-electron chi connectivity index (χ3n) is 2.74. The van der Waals surface area contributed by atoms with E-state index in [0.717, 1.165) is 12.8 Å². The largest absolute Gasteiger partial charge is 0.394 e. The van der Waals surface area contributed by atoms with Gasteiger partial charge >= 0.3 is 0 Å². The van der Waals surface area contributed by atoms with E-state index in [1.165, 1.54) is 0 Å². The van der Waals surface area contributed by atoms with Gasteiger partial charge in [0.05, 0.1) is 19.0 Å². The van der Waals surface area contributed by atoms with Crippen molar-refractivity contribution in [3.8, 4) is 0 Å². The Hall–Kier alpha value is -1.40. The highest BCUT2D eigenvalue weighted by molar-refractivity contribution is 5.76. The van der Waals surface area contributed by atoms with Gasteiger partial charge in [-0.25, -0.2) is 4.98 Å². The predicted octanol–water partition coefficient (Wildman–Crippen LogP) is 0.0838. The number of nitrogens with one attached hydrogen (secondary N) is 1. The van der Waals surface area contributed by atoms with Crippen LogP contribution in [0.1, 0.15) is 32.2 Å². The number of imidazole rings is 1. The summed E-state index contributed by atoms with van der Waals surface area (Å²) in [5.41, 5.74) is 0. The molecule has 6 heteroatoms. The molecule has 102 valence electrons. The lowest BCUT2D eigenvalue weighted by Gasteiger charge is -2.17. The Morgan fingerprint density at radius 3 is 2.89 bits per heavy atom. The summed E-state index contributed by atoms with van der Waals surface area (Å²) < 4.78 is 1.92. The number of hydrogen-bond donors (Lipinski definition) is 3. The van der Waals surface area contributed by atoms with Crippen LogP contribution in [0, 0.1) is 0 Å². The maximum atomic E-state index is 11.7. The highest BCUT2D eigenvalue weighted by Crippen LogP contribution is 2.17. The highest BCUT2D eigenvalue weighted by Gasteiger charge is 2.15. The molecule has 6 nitrogen and oxygen atoms in total. The summed E-state index contributed by atoms with van der Waals surface area (Å²) in [6, 6.07) is 0.0868. The molecular formula is C12H21N3O3. The number of rotatable bonds is 8. The van der Waals surface area contributed by atoms with Crippen molar-refractivity contribution >= 4 is 5.91 Å². The van der Waals surface area contributed by atoms with Gasteiger partial charge in [0.25, 0.3) is 0 Å². The first-order valence-electron chi connectivity index (χ1n) is 6.20. The van der Waals surface area contributed by atoms with Gasteiger partial charge in [-0.3, -0.25) is 4.79 Å². The number of amides is 1. The van der Waals surface area contributed by atoms with Crippen LogP contribution in [0.5, 0.6) is 0 Å². The van der Waals surface area contributed by atoms with Crippen molar-refractivity contribution in [3.63, 3.8) is 0 Å². The van der Waals surface area contributed by atoms with Gasteiger partial charge in [-0.05, 0) is 6.42 Å². The zero-order chi connectivity index (χ0) is 13.4. The monoisotopic (exact) mass is 255 g/mol. The van der Waals surface area contributed by atoms with E-state index in [-0.39, 0.29) is 25.1 Å². The summed E-state index contributed by atoms with van der Waals surface area (Å²) in [4.78, 5) is 15.7. The van der Waals surface area contributed by atoms with Crippen molar-refractivity contribution in [2.45, 2.75) is 38.3 Å². The van der Waals surface area contributed by atoms with Crippen LogP contribution in [0.3, 0.4) is 0 Å². The molecule has 0 fully saturated rings. The minimum Gasteiger partial charge on any atom is -0.394 e. The summed E-state index contributed by atoms with van der Waals surface area (Å²) in [6.07, 6.45) is 6.57. The van der Waals surface area contributed by atoms with Gasteiger partial charge < -0.3 is 20.1 Å². The van der Waals surface area contributed by atoms with Gasteiger partial charge in [0, 0.05) is 31.4 Å². The second-order valence-corrected chi connectivity index (χ2v) is 4.30. The Kier molecular flexibility index (Phi) is 6.38. The SMILES string of the molecule is CCCC(CC(=O)NCC(O)CO)n1ccnc1. The molecule has 1 aromatic heterocycles. The summed E-state index contributed by atoms with van der Waals surface area (Å²) in [5, 5.41) is 20.4. The van der Waals surface area contributed by atoms with E-state index in [2.05, 4.69) is 17.2 Å². The number of nitrogens with zero attached hydrogens (tertiary/aromatic N) is 2. The van der Waals surface area contributed by atoms with Gasteiger partial charge in [-0.15, -0.1) is 0 Å². The third-order valence-corrected chi connectivity index (χ3v) is 2.74. The van der Waals surface area contributed by atoms with Crippen molar-refractivity contribution < 1.29 is 15.0 Å². The first-order valence-corrected chi connectivity index (χ1v) is 6.20. The van der Waals surface area contributed by atoms with E-state index < -0.39 is 6.10 Å². The molecule has 0 radical (unpaired) electrons. The number of carbonyl (C=O) groups excluding carboxylic acids is 1. The van der Waals surface area contributed by atoms with Crippen LogP contribution >= 0.6 is 0 Å². The van der Waals surface area contributed by atoms with Crippen molar-refractivity contribution in [1.29, 1.82) is 0 Å². The first kappa shape index (κ1) is 14.7. The Morgan fingerprint density at radius 2 is 2.33 bits per heavy atom. The zero-order valence-corrected chi connectivity index (χ0v) is 10.6. The molecule has 0 aliphatic carbocycles. The van der Waals surface area contributed by atoms with E-state index in [1.54, 1.807) is 12.5 Å². The fourth-order valence-electron chi connectivity index (χ4n) is 1.76. The summed E-state index contributed by atoms with van der Waals surface area (Å²) in [5.74, 6) is -0.130. The van der Waals surface area contributed by atoms with Crippen molar-refractivity contribution in [3.05, 3.63) is 18.7 Å². The van der Waals surface area contributed by atoms with Crippen LogP contribution in [0.4, 0.5) is 0 Å². The molecule has 2 unspecified atom stereocenters.